The normalized spacial score (nSPS) is 14.4. The number of carboxylic acid groups (broad SMARTS) is 1. The van der Waals surface area contributed by atoms with Crippen molar-refractivity contribution in [3.63, 3.8) is 0 Å². The third kappa shape index (κ3) is 7.85. The molecule has 0 aliphatic rings. The molecule has 4 heteroatoms. The molecular formula is C16H33NO3. The van der Waals surface area contributed by atoms with Crippen LogP contribution in [-0.2, 0) is 9.53 Å². The zero-order valence-corrected chi connectivity index (χ0v) is 13.7. The summed E-state index contributed by atoms with van der Waals surface area (Å²) >= 11 is 0. The Morgan fingerprint density at radius 1 is 1.25 bits per heavy atom. The summed E-state index contributed by atoms with van der Waals surface area (Å²) in [5, 5.41) is 12.6. The monoisotopic (exact) mass is 287 g/mol. The van der Waals surface area contributed by atoms with E-state index in [1.165, 1.54) is 6.42 Å². The van der Waals surface area contributed by atoms with Gasteiger partial charge in [-0.3, -0.25) is 4.79 Å². The van der Waals surface area contributed by atoms with Gasteiger partial charge in [0.05, 0.1) is 0 Å². The molecule has 0 saturated carbocycles. The summed E-state index contributed by atoms with van der Waals surface area (Å²) < 4.78 is 5.59. The predicted octanol–water partition coefficient (Wildman–Crippen LogP) is 3.45. The maximum Gasteiger partial charge on any atom is 0.323 e. The molecule has 0 saturated heterocycles. The Morgan fingerprint density at radius 2 is 1.90 bits per heavy atom. The van der Waals surface area contributed by atoms with E-state index in [2.05, 4.69) is 19.2 Å². The third-order valence-corrected chi connectivity index (χ3v) is 3.69. The van der Waals surface area contributed by atoms with E-state index in [9.17, 15) is 9.90 Å². The molecule has 0 fully saturated rings. The highest BCUT2D eigenvalue weighted by Gasteiger charge is 2.35. The average Bonchev–Trinajstić information content (AvgIpc) is 2.40. The van der Waals surface area contributed by atoms with Crippen molar-refractivity contribution < 1.29 is 14.6 Å². The second-order valence-electron chi connectivity index (χ2n) is 5.92. The number of ether oxygens (including phenoxy) is 1. The maximum absolute atomic E-state index is 11.5. The van der Waals surface area contributed by atoms with Gasteiger partial charge >= 0.3 is 5.97 Å². The van der Waals surface area contributed by atoms with Gasteiger partial charge in [-0.05, 0) is 51.0 Å². The third-order valence-electron chi connectivity index (χ3n) is 3.69. The van der Waals surface area contributed by atoms with Crippen LogP contribution in [0.1, 0.15) is 66.2 Å². The molecule has 2 N–H and O–H groups in total. The zero-order valence-electron chi connectivity index (χ0n) is 13.7. The van der Waals surface area contributed by atoms with E-state index in [1.807, 2.05) is 13.8 Å². The molecule has 0 aliphatic carbocycles. The van der Waals surface area contributed by atoms with Gasteiger partial charge in [0.15, 0.2) is 0 Å². The van der Waals surface area contributed by atoms with Gasteiger partial charge < -0.3 is 15.2 Å². The van der Waals surface area contributed by atoms with Crippen LogP contribution >= 0.6 is 0 Å². The van der Waals surface area contributed by atoms with Crippen molar-refractivity contribution in [3.05, 3.63) is 0 Å². The molecule has 0 heterocycles. The molecular weight excluding hydrogens is 254 g/mol. The second-order valence-corrected chi connectivity index (χ2v) is 5.92. The Hall–Kier alpha value is -0.610. The fourth-order valence-electron chi connectivity index (χ4n) is 2.26. The first-order chi connectivity index (χ1) is 9.48. The molecule has 4 nitrogen and oxygen atoms in total. The number of carboxylic acids is 1. The van der Waals surface area contributed by atoms with E-state index >= 15 is 0 Å². The molecule has 120 valence electrons. The Labute approximate surface area is 124 Å². The summed E-state index contributed by atoms with van der Waals surface area (Å²) in [6.45, 7) is 10.6. The summed E-state index contributed by atoms with van der Waals surface area (Å²) in [5.41, 5.74) is -0.780. The Balaban J connectivity index is 3.93. The van der Waals surface area contributed by atoms with Crippen LogP contribution in [0, 0.1) is 5.92 Å². The van der Waals surface area contributed by atoms with E-state index in [0.717, 1.165) is 38.3 Å². The average molecular weight is 287 g/mol. The Bertz CT molecular complexity index is 256. The minimum absolute atomic E-state index is 0.607. The van der Waals surface area contributed by atoms with Gasteiger partial charge in [0.2, 0.25) is 0 Å². The first kappa shape index (κ1) is 19.4. The molecule has 20 heavy (non-hydrogen) atoms. The molecule has 0 aromatic heterocycles. The van der Waals surface area contributed by atoms with E-state index in [4.69, 9.17) is 4.74 Å². The smallest absolute Gasteiger partial charge is 0.323 e. The summed E-state index contributed by atoms with van der Waals surface area (Å²) in [4.78, 5) is 11.5. The van der Waals surface area contributed by atoms with E-state index in [0.29, 0.717) is 19.4 Å². The molecule has 0 bridgehead atoms. The number of carbonyl (C=O) groups is 1. The van der Waals surface area contributed by atoms with Crippen LogP contribution in [0.5, 0.6) is 0 Å². The van der Waals surface area contributed by atoms with Gasteiger partial charge in [0.25, 0.3) is 0 Å². The van der Waals surface area contributed by atoms with E-state index in [-0.39, 0.29) is 0 Å². The number of nitrogens with one attached hydrogen (secondary N) is 1. The number of rotatable bonds is 13. The fourth-order valence-corrected chi connectivity index (χ4v) is 2.26. The lowest BCUT2D eigenvalue weighted by molar-refractivity contribution is -0.145. The van der Waals surface area contributed by atoms with Crippen LogP contribution in [0.3, 0.4) is 0 Å². The molecule has 0 aromatic rings. The lowest BCUT2D eigenvalue weighted by Gasteiger charge is -2.29. The molecule has 1 unspecified atom stereocenters. The van der Waals surface area contributed by atoms with Gasteiger partial charge in [-0.2, -0.15) is 0 Å². The molecule has 0 aliphatic heterocycles. The Morgan fingerprint density at radius 3 is 2.40 bits per heavy atom. The summed E-state index contributed by atoms with van der Waals surface area (Å²) in [7, 11) is 0. The minimum Gasteiger partial charge on any atom is -0.480 e. The van der Waals surface area contributed by atoms with Crippen molar-refractivity contribution in [3.8, 4) is 0 Å². The van der Waals surface area contributed by atoms with Gasteiger partial charge in [0, 0.05) is 13.2 Å². The van der Waals surface area contributed by atoms with Gasteiger partial charge in [-0.25, -0.2) is 0 Å². The quantitative estimate of drug-likeness (QED) is 0.509. The van der Waals surface area contributed by atoms with Crippen LogP contribution < -0.4 is 5.32 Å². The van der Waals surface area contributed by atoms with Crippen molar-refractivity contribution >= 4 is 5.97 Å². The minimum atomic E-state index is -0.780. The molecule has 0 rings (SSSR count). The maximum atomic E-state index is 11.5. The van der Waals surface area contributed by atoms with Crippen molar-refractivity contribution in [1.82, 2.24) is 5.32 Å². The van der Waals surface area contributed by atoms with Crippen molar-refractivity contribution in [2.45, 2.75) is 71.8 Å². The second kappa shape index (κ2) is 11.1. The Kier molecular flexibility index (Phi) is 10.8. The molecule has 0 radical (unpaired) electrons. The fraction of sp³-hybridized carbons (Fsp3) is 0.938. The largest absolute Gasteiger partial charge is 0.480 e. The lowest BCUT2D eigenvalue weighted by atomic mass is 9.90. The molecule has 0 spiro atoms. The molecule has 1 atom stereocenters. The summed E-state index contributed by atoms with van der Waals surface area (Å²) in [6.07, 6.45) is 5.24. The van der Waals surface area contributed by atoms with Crippen molar-refractivity contribution in [2.24, 2.45) is 5.92 Å². The number of hydrogen-bond acceptors (Lipinski definition) is 3. The van der Waals surface area contributed by atoms with Crippen molar-refractivity contribution in [2.75, 3.05) is 19.8 Å². The van der Waals surface area contributed by atoms with Crippen LogP contribution in [0.2, 0.25) is 0 Å². The molecule has 0 amide bonds. The van der Waals surface area contributed by atoms with Crippen LogP contribution in [0.4, 0.5) is 0 Å². The number of hydrogen-bond donors (Lipinski definition) is 2. The molecule has 0 aromatic carbocycles. The predicted molar refractivity (Wildman–Crippen MR) is 83.1 cm³/mol. The first-order valence-corrected chi connectivity index (χ1v) is 8.04. The highest BCUT2D eigenvalue weighted by molar-refractivity contribution is 5.78. The standard InChI is InChI=1S/C16H33NO3/c1-5-11-17-16(6-2,15(18)19)10-8-13-20-12-7-9-14(3)4/h14,17H,5-13H2,1-4H3,(H,18,19). The van der Waals surface area contributed by atoms with Crippen molar-refractivity contribution in [1.29, 1.82) is 0 Å². The van der Waals surface area contributed by atoms with Crippen LogP contribution in [0.25, 0.3) is 0 Å². The van der Waals surface area contributed by atoms with Gasteiger partial charge in [-0.1, -0.05) is 27.7 Å². The zero-order chi connectivity index (χ0) is 15.4. The topological polar surface area (TPSA) is 58.6 Å². The SMILES string of the molecule is CCCNC(CC)(CCCOCCCC(C)C)C(=O)O. The van der Waals surface area contributed by atoms with Gasteiger partial charge in [0.1, 0.15) is 5.54 Å². The van der Waals surface area contributed by atoms with E-state index < -0.39 is 11.5 Å². The van der Waals surface area contributed by atoms with Gasteiger partial charge in [-0.15, -0.1) is 0 Å². The lowest BCUT2D eigenvalue weighted by Crippen LogP contribution is -2.52. The van der Waals surface area contributed by atoms with Crippen LogP contribution in [0.15, 0.2) is 0 Å². The highest BCUT2D eigenvalue weighted by atomic mass is 16.5. The number of aliphatic carboxylic acids is 1. The first-order valence-electron chi connectivity index (χ1n) is 8.04. The summed E-state index contributed by atoms with van der Waals surface area (Å²) in [6, 6.07) is 0. The summed E-state index contributed by atoms with van der Waals surface area (Å²) in [5.74, 6) is -0.0233. The van der Waals surface area contributed by atoms with Crippen LogP contribution in [-0.4, -0.2) is 36.4 Å². The van der Waals surface area contributed by atoms with E-state index in [1.54, 1.807) is 0 Å². The highest BCUT2D eigenvalue weighted by Crippen LogP contribution is 2.18.